The summed E-state index contributed by atoms with van der Waals surface area (Å²) in [6.45, 7) is 0.0761. The SMILES string of the molecule is O=C(O)C1CCN(S(=O)(=O)c2cnn(-c3ccccc3F)c2)C1. The largest absolute Gasteiger partial charge is 0.481 e. The zero-order chi connectivity index (χ0) is 16.6. The Bertz CT molecular complexity index is 849. The van der Waals surface area contributed by atoms with E-state index in [2.05, 4.69) is 5.10 Å². The molecule has 1 aliphatic heterocycles. The number of aliphatic carboxylic acids is 1. The lowest BCUT2D eigenvalue weighted by Gasteiger charge is -2.14. The molecule has 0 spiro atoms. The quantitative estimate of drug-likeness (QED) is 0.901. The third-order valence-corrected chi connectivity index (χ3v) is 5.61. The Hall–Kier alpha value is -2.26. The molecule has 1 aromatic heterocycles. The summed E-state index contributed by atoms with van der Waals surface area (Å²) >= 11 is 0. The van der Waals surface area contributed by atoms with E-state index in [-0.39, 0.29) is 30.1 Å². The van der Waals surface area contributed by atoms with E-state index in [0.717, 1.165) is 15.2 Å². The first-order valence-corrected chi connectivity index (χ1v) is 8.36. The Morgan fingerprint density at radius 2 is 2.09 bits per heavy atom. The van der Waals surface area contributed by atoms with Crippen LogP contribution in [-0.2, 0) is 14.8 Å². The summed E-state index contributed by atoms with van der Waals surface area (Å²) in [5, 5.41) is 12.9. The van der Waals surface area contributed by atoms with Crippen LogP contribution >= 0.6 is 0 Å². The number of halogens is 1. The van der Waals surface area contributed by atoms with E-state index in [1.54, 1.807) is 6.07 Å². The van der Waals surface area contributed by atoms with E-state index < -0.39 is 27.7 Å². The van der Waals surface area contributed by atoms with Crippen LogP contribution in [0.15, 0.2) is 41.6 Å². The lowest BCUT2D eigenvalue weighted by Crippen LogP contribution is -2.29. The van der Waals surface area contributed by atoms with Gasteiger partial charge in [-0.25, -0.2) is 17.5 Å². The molecule has 0 radical (unpaired) electrons. The van der Waals surface area contributed by atoms with Gasteiger partial charge in [-0.2, -0.15) is 9.40 Å². The molecule has 3 rings (SSSR count). The molecule has 1 aliphatic rings. The van der Waals surface area contributed by atoms with Crippen molar-refractivity contribution in [1.29, 1.82) is 0 Å². The summed E-state index contributed by atoms with van der Waals surface area (Å²) in [6.07, 6.45) is 2.63. The van der Waals surface area contributed by atoms with Crippen LogP contribution < -0.4 is 0 Å². The highest BCUT2D eigenvalue weighted by molar-refractivity contribution is 7.89. The highest BCUT2D eigenvalue weighted by Crippen LogP contribution is 2.25. The van der Waals surface area contributed by atoms with E-state index in [1.165, 1.54) is 24.4 Å². The van der Waals surface area contributed by atoms with Crippen molar-refractivity contribution in [2.24, 2.45) is 5.92 Å². The molecule has 2 aromatic rings. The highest BCUT2D eigenvalue weighted by Gasteiger charge is 2.36. The number of benzene rings is 1. The van der Waals surface area contributed by atoms with Crippen molar-refractivity contribution < 1.29 is 22.7 Å². The van der Waals surface area contributed by atoms with Crippen molar-refractivity contribution >= 4 is 16.0 Å². The first-order chi connectivity index (χ1) is 10.9. The van der Waals surface area contributed by atoms with Crippen LogP contribution in [0.2, 0.25) is 0 Å². The van der Waals surface area contributed by atoms with Gasteiger partial charge in [-0.3, -0.25) is 4.79 Å². The molecule has 7 nitrogen and oxygen atoms in total. The zero-order valence-electron chi connectivity index (χ0n) is 12.0. The minimum absolute atomic E-state index is 0.0669. The molecule has 0 aliphatic carbocycles. The molecule has 0 amide bonds. The van der Waals surface area contributed by atoms with Gasteiger partial charge < -0.3 is 5.11 Å². The van der Waals surface area contributed by atoms with Crippen LogP contribution in [0.1, 0.15) is 6.42 Å². The van der Waals surface area contributed by atoms with Crippen LogP contribution in [0.3, 0.4) is 0 Å². The van der Waals surface area contributed by atoms with Gasteiger partial charge in [-0.05, 0) is 18.6 Å². The summed E-state index contributed by atoms with van der Waals surface area (Å²) in [6, 6.07) is 5.88. The van der Waals surface area contributed by atoms with Gasteiger partial charge in [0.2, 0.25) is 10.0 Å². The summed E-state index contributed by atoms with van der Waals surface area (Å²) in [4.78, 5) is 10.9. The number of para-hydroxylation sites is 1. The average molecular weight is 339 g/mol. The Balaban J connectivity index is 1.88. The maximum absolute atomic E-state index is 13.7. The summed E-state index contributed by atoms with van der Waals surface area (Å²) in [5.74, 6) is -2.23. The van der Waals surface area contributed by atoms with Gasteiger partial charge in [0, 0.05) is 13.1 Å². The molecular weight excluding hydrogens is 325 g/mol. The Morgan fingerprint density at radius 1 is 1.35 bits per heavy atom. The predicted octanol–water partition coefficient (Wildman–Crippen LogP) is 1.11. The second-order valence-corrected chi connectivity index (χ2v) is 7.20. The molecule has 1 unspecified atom stereocenters. The lowest BCUT2D eigenvalue weighted by molar-refractivity contribution is -0.141. The molecule has 122 valence electrons. The van der Waals surface area contributed by atoms with Crippen molar-refractivity contribution in [3.05, 3.63) is 42.5 Å². The lowest BCUT2D eigenvalue weighted by atomic mass is 10.1. The van der Waals surface area contributed by atoms with Crippen molar-refractivity contribution in [1.82, 2.24) is 14.1 Å². The predicted molar refractivity (Wildman–Crippen MR) is 78.0 cm³/mol. The third kappa shape index (κ3) is 2.84. The summed E-state index contributed by atoms with van der Waals surface area (Å²) < 4.78 is 41.0. The van der Waals surface area contributed by atoms with Gasteiger partial charge in [-0.1, -0.05) is 12.1 Å². The van der Waals surface area contributed by atoms with E-state index in [1.807, 2.05) is 0 Å². The first kappa shape index (κ1) is 15.6. The molecule has 1 N–H and O–H groups in total. The number of carbonyl (C=O) groups is 1. The topological polar surface area (TPSA) is 92.5 Å². The normalized spacial score (nSPS) is 19.1. The first-order valence-electron chi connectivity index (χ1n) is 6.92. The fourth-order valence-corrected chi connectivity index (χ4v) is 3.94. The second-order valence-electron chi connectivity index (χ2n) is 5.26. The average Bonchev–Trinajstić information content (AvgIpc) is 3.18. The number of nitrogens with zero attached hydrogens (tertiary/aromatic N) is 3. The Kier molecular flexibility index (Phi) is 3.90. The van der Waals surface area contributed by atoms with Gasteiger partial charge in [0.05, 0.1) is 18.3 Å². The molecular formula is C14H14FN3O4S. The minimum Gasteiger partial charge on any atom is -0.481 e. The fraction of sp³-hybridized carbons (Fsp3) is 0.286. The smallest absolute Gasteiger partial charge is 0.307 e. The Morgan fingerprint density at radius 3 is 2.74 bits per heavy atom. The zero-order valence-corrected chi connectivity index (χ0v) is 12.8. The van der Waals surface area contributed by atoms with Gasteiger partial charge in [-0.15, -0.1) is 0 Å². The van der Waals surface area contributed by atoms with Crippen molar-refractivity contribution in [3.63, 3.8) is 0 Å². The standard InChI is InChI=1S/C14H14FN3O4S/c15-12-3-1-2-4-13(12)18-9-11(7-16-18)23(21,22)17-6-5-10(8-17)14(19)20/h1-4,7,9-10H,5-6,8H2,(H,19,20). The van der Waals surface area contributed by atoms with Crippen molar-refractivity contribution in [2.45, 2.75) is 11.3 Å². The summed E-state index contributed by atoms with van der Waals surface area (Å²) in [5.41, 5.74) is 0.138. The fourth-order valence-electron chi connectivity index (χ4n) is 2.51. The molecule has 0 bridgehead atoms. The van der Waals surface area contributed by atoms with E-state index in [0.29, 0.717) is 0 Å². The number of carboxylic acid groups (broad SMARTS) is 1. The number of hydrogen-bond donors (Lipinski definition) is 1. The van der Waals surface area contributed by atoms with Crippen LogP contribution in [0.5, 0.6) is 0 Å². The molecule has 1 aromatic carbocycles. The Labute approximate surface area is 132 Å². The van der Waals surface area contributed by atoms with E-state index >= 15 is 0 Å². The molecule has 1 saturated heterocycles. The number of sulfonamides is 1. The molecule has 23 heavy (non-hydrogen) atoms. The summed E-state index contributed by atoms with van der Waals surface area (Å²) in [7, 11) is -3.84. The van der Waals surface area contributed by atoms with Crippen molar-refractivity contribution in [2.75, 3.05) is 13.1 Å². The van der Waals surface area contributed by atoms with Crippen LogP contribution in [0, 0.1) is 11.7 Å². The molecule has 1 fully saturated rings. The van der Waals surface area contributed by atoms with Gasteiger partial charge in [0.25, 0.3) is 0 Å². The van der Waals surface area contributed by atoms with Gasteiger partial charge in [0.1, 0.15) is 16.4 Å². The van der Waals surface area contributed by atoms with E-state index in [9.17, 15) is 17.6 Å². The van der Waals surface area contributed by atoms with Crippen LogP contribution in [-0.4, -0.2) is 46.7 Å². The van der Waals surface area contributed by atoms with Gasteiger partial charge in [0.15, 0.2) is 0 Å². The molecule has 2 heterocycles. The third-order valence-electron chi connectivity index (χ3n) is 3.80. The minimum atomic E-state index is -3.84. The van der Waals surface area contributed by atoms with E-state index in [4.69, 9.17) is 5.11 Å². The maximum Gasteiger partial charge on any atom is 0.307 e. The van der Waals surface area contributed by atoms with Crippen LogP contribution in [0.4, 0.5) is 4.39 Å². The maximum atomic E-state index is 13.7. The number of hydrogen-bond acceptors (Lipinski definition) is 4. The number of rotatable bonds is 4. The molecule has 1 atom stereocenters. The number of carboxylic acids is 1. The van der Waals surface area contributed by atoms with Crippen molar-refractivity contribution in [3.8, 4) is 5.69 Å². The van der Waals surface area contributed by atoms with Crippen LogP contribution in [0.25, 0.3) is 5.69 Å². The number of aromatic nitrogens is 2. The second kappa shape index (κ2) is 5.74. The monoisotopic (exact) mass is 339 g/mol. The molecule has 0 saturated carbocycles. The van der Waals surface area contributed by atoms with Gasteiger partial charge >= 0.3 is 5.97 Å². The highest BCUT2D eigenvalue weighted by atomic mass is 32.2. The molecule has 9 heteroatoms.